The monoisotopic (exact) mass is 290 g/mol. The van der Waals surface area contributed by atoms with Gasteiger partial charge in [-0.1, -0.05) is 0 Å². The molecule has 4 nitrogen and oxygen atoms in total. The second kappa shape index (κ2) is 4.63. The first-order valence-corrected chi connectivity index (χ1v) is 4.79. The van der Waals surface area contributed by atoms with Gasteiger partial charge in [0.2, 0.25) is 0 Å². The quantitative estimate of drug-likeness (QED) is 0.922. The van der Waals surface area contributed by atoms with Crippen LogP contribution in [0.3, 0.4) is 0 Å². The van der Waals surface area contributed by atoms with Gasteiger partial charge in [-0.15, -0.1) is 12.4 Å². The van der Waals surface area contributed by atoms with E-state index in [0.29, 0.717) is 5.69 Å². The summed E-state index contributed by atoms with van der Waals surface area (Å²) in [5.74, 6) is -0.868. The molecule has 0 spiro atoms. The smallest absolute Gasteiger partial charge is 0.309 e. The molecule has 2 aromatic rings. The van der Waals surface area contributed by atoms with Crippen LogP contribution in [0.4, 0.5) is 0 Å². The van der Waals surface area contributed by atoms with E-state index in [0.717, 1.165) is 10.1 Å². The third-order valence-electron chi connectivity index (χ3n) is 1.80. The number of rotatable bonds is 2. The zero-order valence-electron chi connectivity index (χ0n) is 7.55. The van der Waals surface area contributed by atoms with Crippen LogP contribution in [0.1, 0.15) is 5.69 Å². The van der Waals surface area contributed by atoms with Crippen molar-refractivity contribution in [2.75, 3.05) is 0 Å². The molecule has 80 valence electrons. The first-order valence-electron chi connectivity index (χ1n) is 4.00. The number of carboxylic acids is 1. The Morgan fingerprint density at radius 3 is 2.87 bits per heavy atom. The Morgan fingerprint density at radius 1 is 1.47 bits per heavy atom. The molecule has 0 aliphatic heterocycles. The van der Waals surface area contributed by atoms with Crippen molar-refractivity contribution < 1.29 is 9.90 Å². The molecule has 0 aliphatic rings. The van der Waals surface area contributed by atoms with Crippen LogP contribution >= 0.6 is 28.3 Å². The highest BCUT2D eigenvalue weighted by molar-refractivity contribution is 9.10. The number of hydrogen-bond acceptors (Lipinski definition) is 2. The number of carboxylic acid groups (broad SMARTS) is 1. The normalized spacial score (nSPS) is 9.93. The van der Waals surface area contributed by atoms with Gasteiger partial charge in [-0.2, -0.15) is 0 Å². The lowest BCUT2D eigenvalue weighted by Crippen LogP contribution is -1.99. The fraction of sp³-hybridized carbons (Fsp3) is 0.111. The van der Waals surface area contributed by atoms with Crippen molar-refractivity contribution in [3.63, 3.8) is 0 Å². The Kier molecular flexibility index (Phi) is 3.71. The van der Waals surface area contributed by atoms with Gasteiger partial charge in [-0.05, 0) is 28.1 Å². The number of aliphatic carboxylic acids is 1. The number of nitrogens with zero attached hydrogens (tertiary/aromatic N) is 2. The number of carbonyl (C=O) groups is 1. The Balaban J connectivity index is 0.00000112. The maximum absolute atomic E-state index is 10.5. The molecular formula is C9H8BrClN2O2. The molecule has 0 fully saturated rings. The highest BCUT2D eigenvalue weighted by Crippen LogP contribution is 2.12. The predicted molar refractivity (Wildman–Crippen MR) is 61.5 cm³/mol. The van der Waals surface area contributed by atoms with Crippen molar-refractivity contribution >= 4 is 40.0 Å². The van der Waals surface area contributed by atoms with Gasteiger partial charge in [0.25, 0.3) is 0 Å². The van der Waals surface area contributed by atoms with Crippen LogP contribution in [0.5, 0.6) is 0 Å². The summed E-state index contributed by atoms with van der Waals surface area (Å²) in [5, 5.41) is 8.59. The van der Waals surface area contributed by atoms with Crippen LogP contribution in [0.25, 0.3) is 5.65 Å². The summed E-state index contributed by atoms with van der Waals surface area (Å²) in [5.41, 5.74) is 1.32. The SMILES string of the molecule is Cl.O=C(O)Cc1cn2cc(Br)ccc2n1. The van der Waals surface area contributed by atoms with Gasteiger partial charge in [0.15, 0.2) is 0 Å². The van der Waals surface area contributed by atoms with E-state index in [9.17, 15) is 4.79 Å². The number of hydrogen-bond donors (Lipinski definition) is 1. The molecule has 0 saturated carbocycles. The molecule has 6 heteroatoms. The second-order valence-electron chi connectivity index (χ2n) is 2.92. The fourth-order valence-electron chi connectivity index (χ4n) is 1.26. The highest BCUT2D eigenvalue weighted by Gasteiger charge is 2.05. The van der Waals surface area contributed by atoms with Crippen molar-refractivity contribution in [3.8, 4) is 0 Å². The van der Waals surface area contributed by atoms with E-state index in [4.69, 9.17) is 5.11 Å². The van der Waals surface area contributed by atoms with E-state index in [1.165, 1.54) is 0 Å². The molecule has 0 saturated heterocycles. The highest BCUT2D eigenvalue weighted by atomic mass is 79.9. The minimum Gasteiger partial charge on any atom is -0.481 e. The van der Waals surface area contributed by atoms with Gasteiger partial charge in [-0.25, -0.2) is 4.98 Å². The molecule has 0 aliphatic carbocycles. The standard InChI is InChI=1S/C9H7BrN2O2.ClH/c10-6-1-2-8-11-7(3-9(13)14)5-12(8)4-6;/h1-2,4-5H,3H2,(H,13,14);1H. The van der Waals surface area contributed by atoms with E-state index in [1.54, 1.807) is 10.6 Å². The molecule has 1 N–H and O–H groups in total. The van der Waals surface area contributed by atoms with Crippen molar-refractivity contribution in [1.82, 2.24) is 9.38 Å². The number of imidazole rings is 1. The lowest BCUT2D eigenvalue weighted by Gasteiger charge is -1.91. The summed E-state index contributed by atoms with van der Waals surface area (Å²) in [6.07, 6.45) is 3.52. The van der Waals surface area contributed by atoms with Crippen LogP contribution in [0, 0.1) is 0 Å². The van der Waals surface area contributed by atoms with E-state index >= 15 is 0 Å². The molecule has 0 amide bonds. The summed E-state index contributed by atoms with van der Waals surface area (Å²) in [4.78, 5) is 14.6. The fourth-order valence-corrected chi connectivity index (χ4v) is 1.61. The second-order valence-corrected chi connectivity index (χ2v) is 3.83. The van der Waals surface area contributed by atoms with Gasteiger partial charge in [0.1, 0.15) is 5.65 Å². The number of halogens is 2. The third kappa shape index (κ3) is 2.70. The first-order chi connectivity index (χ1) is 6.65. The molecule has 0 aromatic carbocycles. The van der Waals surface area contributed by atoms with E-state index < -0.39 is 5.97 Å². The van der Waals surface area contributed by atoms with E-state index in [2.05, 4.69) is 20.9 Å². The molecule has 0 radical (unpaired) electrons. The Labute approximate surface area is 100 Å². The number of pyridine rings is 1. The molecule has 0 atom stereocenters. The third-order valence-corrected chi connectivity index (χ3v) is 2.27. The van der Waals surface area contributed by atoms with Crippen LogP contribution in [0.2, 0.25) is 0 Å². The number of fused-ring (bicyclic) bond motifs is 1. The molecule has 2 rings (SSSR count). The summed E-state index contributed by atoms with van der Waals surface area (Å²) in [7, 11) is 0. The van der Waals surface area contributed by atoms with Crippen LogP contribution < -0.4 is 0 Å². The largest absolute Gasteiger partial charge is 0.481 e. The van der Waals surface area contributed by atoms with E-state index in [1.807, 2.05) is 18.3 Å². The molecular weight excluding hydrogens is 283 g/mol. The Hall–Kier alpha value is -1.07. The van der Waals surface area contributed by atoms with Crippen LogP contribution in [0.15, 0.2) is 29.0 Å². The maximum atomic E-state index is 10.5. The van der Waals surface area contributed by atoms with Crippen LogP contribution in [-0.4, -0.2) is 20.5 Å². The summed E-state index contributed by atoms with van der Waals surface area (Å²) >= 11 is 3.33. The topological polar surface area (TPSA) is 54.6 Å². The molecule has 15 heavy (non-hydrogen) atoms. The predicted octanol–water partition coefficient (Wildman–Crippen LogP) is 2.15. The maximum Gasteiger partial charge on any atom is 0.309 e. The van der Waals surface area contributed by atoms with Gasteiger partial charge in [0, 0.05) is 16.9 Å². The van der Waals surface area contributed by atoms with Crippen molar-refractivity contribution in [3.05, 3.63) is 34.7 Å². The number of aromatic nitrogens is 2. The van der Waals surface area contributed by atoms with Gasteiger partial charge < -0.3 is 9.51 Å². The minimum atomic E-state index is -0.868. The lowest BCUT2D eigenvalue weighted by molar-refractivity contribution is -0.136. The summed E-state index contributed by atoms with van der Waals surface area (Å²) in [6, 6.07) is 3.70. The van der Waals surface area contributed by atoms with Gasteiger partial charge in [-0.3, -0.25) is 4.79 Å². The first kappa shape index (κ1) is 12.0. The average Bonchev–Trinajstić information content (AvgIpc) is 2.44. The van der Waals surface area contributed by atoms with Crippen LogP contribution in [-0.2, 0) is 11.2 Å². The molecule has 2 aromatic heterocycles. The zero-order chi connectivity index (χ0) is 10.1. The molecule has 0 unspecified atom stereocenters. The molecule has 0 bridgehead atoms. The van der Waals surface area contributed by atoms with Gasteiger partial charge in [0.05, 0.1) is 12.1 Å². The lowest BCUT2D eigenvalue weighted by atomic mass is 10.3. The zero-order valence-corrected chi connectivity index (χ0v) is 9.96. The van der Waals surface area contributed by atoms with E-state index in [-0.39, 0.29) is 18.8 Å². The minimum absolute atomic E-state index is 0. The van der Waals surface area contributed by atoms with Crippen molar-refractivity contribution in [1.29, 1.82) is 0 Å². The van der Waals surface area contributed by atoms with Crippen molar-refractivity contribution in [2.24, 2.45) is 0 Å². The summed E-state index contributed by atoms with van der Waals surface area (Å²) in [6.45, 7) is 0. The Morgan fingerprint density at radius 2 is 2.20 bits per heavy atom. The van der Waals surface area contributed by atoms with Crippen molar-refractivity contribution in [2.45, 2.75) is 6.42 Å². The Bertz CT molecular complexity index is 498. The van der Waals surface area contributed by atoms with Gasteiger partial charge >= 0.3 is 5.97 Å². The molecule has 2 heterocycles. The summed E-state index contributed by atoms with van der Waals surface area (Å²) < 4.78 is 2.73. The average molecular weight is 292 g/mol.